The lowest BCUT2D eigenvalue weighted by molar-refractivity contribution is -0.141. The maximum absolute atomic E-state index is 12.0. The van der Waals surface area contributed by atoms with Gasteiger partial charge in [0, 0.05) is 26.7 Å². The number of sulfonamides is 1. The van der Waals surface area contributed by atoms with Gasteiger partial charge in [-0.3, -0.25) is 4.79 Å². The minimum atomic E-state index is -3.55. The molecule has 0 saturated carbocycles. The molecule has 0 aliphatic rings. The number of benzene rings is 1. The number of hydrogen-bond donors (Lipinski definition) is 3. The molecule has 0 saturated heterocycles. The predicted molar refractivity (Wildman–Crippen MR) is 89.0 cm³/mol. The van der Waals surface area contributed by atoms with Crippen molar-refractivity contribution in [2.45, 2.75) is 25.3 Å². The molecule has 0 aliphatic carbocycles. The van der Waals surface area contributed by atoms with Crippen LogP contribution in [0.5, 0.6) is 0 Å². The molecule has 1 unspecified atom stereocenters. The number of carbonyl (C=O) groups excluding carboxylic acids is 1. The van der Waals surface area contributed by atoms with Crippen molar-refractivity contribution < 1.29 is 23.1 Å². The summed E-state index contributed by atoms with van der Waals surface area (Å²) >= 11 is 0. The second-order valence-electron chi connectivity index (χ2n) is 5.43. The van der Waals surface area contributed by atoms with E-state index in [4.69, 9.17) is 5.11 Å². The summed E-state index contributed by atoms with van der Waals surface area (Å²) in [4.78, 5) is 24.2. The van der Waals surface area contributed by atoms with E-state index in [9.17, 15) is 18.0 Å². The van der Waals surface area contributed by atoms with Gasteiger partial charge in [-0.25, -0.2) is 17.9 Å². The summed E-state index contributed by atoms with van der Waals surface area (Å²) in [5.41, 5.74) is 0.627. The van der Waals surface area contributed by atoms with Crippen molar-refractivity contribution in [1.29, 1.82) is 0 Å². The van der Waals surface area contributed by atoms with Crippen molar-refractivity contribution in [2.24, 2.45) is 5.92 Å². The Labute approximate surface area is 141 Å². The molecule has 1 atom stereocenters. The number of nitrogens with zero attached hydrogens (tertiary/aromatic N) is 1. The zero-order valence-corrected chi connectivity index (χ0v) is 14.8. The molecule has 0 bridgehead atoms. The van der Waals surface area contributed by atoms with E-state index in [2.05, 4.69) is 10.0 Å². The zero-order chi connectivity index (χ0) is 18.3. The van der Waals surface area contributed by atoms with Crippen molar-refractivity contribution in [1.82, 2.24) is 14.9 Å². The van der Waals surface area contributed by atoms with Crippen LogP contribution in [0.1, 0.15) is 19.4 Å². The average Bonchev–Trinajstić information content (AvgIpc) is 2.52. The number of aliphatic carboxylic acids is 1. The van der Waals surface area contributed by atoms with E-state index in [0.29, 0.717) is 5.56 Å². The fraction of sp³-hybridized carbons (Fsp3) is 0.467. The molecule has 0 fully saturated rings. The van der Waals surface area contributed by atoms with Crippen LogP contribution in [0.4, 0.5) is 4.79 Å². The van der Waals surface area contributed by atoms with Gasteiger partial charge in [-0.15, -0.1) is 0 Å². The summed E-state index contributed by atoms with van der Waals surface area (Å²) < 4.78 is 26.3. The molecule has 1 rings (SSSR count). The Morgan fingerprint density at radius 2 is 2.00 bits per heavy atom. The number of carboxylic acids is 1. The van der Waals surface area contributed by atoms with Gasteiger partial charge >= 0.3 is 12.0 Å². The molecule has 0 heterocycles. The van der Waals surface area contributed by atoms with Crippen molar-refractivity contribution in [3.63, 3.8) is 0 Å². The fourth-order valence-electron chi connectivity index (χ4n) is 1.98. The standard InChI is InChI=1S/C15H23N3O5S/c1-4-17-24(22,23)13-7-5-6-12(8-13)9-16-15(21)18(3)10-11(2)14(19)20/h5-8,11,17H,4,9-10H2,1-3H3,(H,16,21)(H,19,20). The van der Waals surface area contributed by atoms with Crippen LogP contribution in [0, 0.1) is 5.92 Å². The van der Waals surface area contributed by atoms with Crippen LogP contribution in [-0.4, -0.2) is 50.6 Å². The van der Waals surface area contributed by atoms with Gasteiger partial charge in [-0.1, -0.05) is 26.0 Å². The number of urea groups is 1. The number of rotatable bonds is 8. The van der Waals surface area contributed by atoms with E-state index in [1.807, 2.05) is 0 Å². The number of carbonyl (C=O) groups is 2. The van der Waals surface area contributed by atoms with Gasteiger partial charge in [0.25, 0.3) is 0 Å². The minimum absolute atomic E-state index is 0.0794. The molecule has 24 heavy (non-hydrogen) atoms. The molecule has 3 N–H and O–H groups in total. The lowest BCUT2D eigenvalue weighted by atomic mass is 10.2. The highest BCUT2D eigenvalue weighted by molar-refractivity contribution is 7.89. The van der Waals surface area contributed by atoms with Crippen LogP contribution >= 0.6 is 0 Å². The van der Waals surface area contributed by atoms with Crippen LogP contribution in [-0.2, 0) is 21.4 Å². The first kappa shape index (κ1) is 19.9. The third-order valence-corrected chi connectivity index (χ3v) is 4.85. The molecular formula is C15H23N3O5S. The normalized spacial score (nSPS) is 12.5. The quantitative estimate of drug-likeness (QED) is 0.638. The van der Waals surface area contributed by atoms with E-state index >= 15 is 0 Å². The van der Waals surface area contributed by atoms with Gasteiger partial charge in [0.05, 0.1) is 10.8 Å². The molecule has 0 radical (unpaired) electrons. The van der Waals surface area contributed by atoms with Gasteiger partial charge in [0.1, 0.15) is 0 Å². The summed E-state index contributed by atoms with van der Waals surface area (Å²) in [6.45, 7) is 3.71. The van der Waals surface area contributed by atoms with Gasteiger partial charge in [0.2, 0.25) is 10.0 Å². The van der Waals surface area contributed by atoms with Crippen LogP contribution < -0.4 is 10.0 Å². The highest BCUT2D eigenvalue weighted by atomic mass is 32.2. The van der Waals surface area contributed by atoms with E-state index < -0.39 is 27.9 Å². The maximum Gasteiger partial charge on any atom is 0.317 e. The molecular weight excluding hydrogens is 334 g/mol. The van der Waals surface area contributed by atoms with Crippen LogP contribution in [0.2, 0.25) is 0 Å². The molecule has 0 aromatic heterocycles. The average molecular weight is 357 g/mol. The smallest absolute Gasteiger partial charge is 0.317 e. The van der Waals surface area contributed by atoms with Crippen molar-refractivity contribution in [2.75, 3.05) is 20.1 Å². The molecule has 1 aromatic rings. The Morgan fingerprint density at radius 3 is 2.58 bits per heavy atom. The van der Waals surface area contributed by atoms with Crippen LogP contribution in [0.15, 0.2) is 29.2 Å². The molecule has 9 heteroatoms. The summed E-state index contributed by atoms with van der Waals surface area (Å²) in [5, 5.41) is 11.5. The monoisotopic (exact) mass is 357 g/mol. The van der Waals surface area contributed by atoms with E-state index in [-0.39, 0.29) is 24.5 Å². The SMILES string of the molecule is CCNS(=O)(=O)c1cccc(CNC(=O)N(C)CC(C)C(=O)O)c1. The third-order valence-electron chi connectivity index (χ3n) is 3.30. The summed E-state index contributed by atoms with van der Waals surface area (Å²) in [7, 11) is -2.05. The maximum atomic E-state index is 12.0. The first-order chi connectivity index (χ1) is 11.2. The Kier molecular flexibility index (Phi) is 7.18. The molecule has 0 spiro atoms. The first-order valence-corrected chi connectivity index (χ1v) is 8.96. The third kappa shape index (κ3) is 5.82. The van der Waals surface area contributed by atoms with Gasteiger partial charge in [-0.05, 0) is 17.7 Å². The second kappa shape index (κ2) is 8.65. The number of carboxylic acid groups (broad SMARTS) is 1. The molecule has 8 nitrogen and oxygen atoms in total. The summed E-state index contributed by atoms with van der Waals surface area (Å²) in [5.74, 6) is -1.65. The predicted octanol–water partition coefficient (Wildman–Crippen LogP) is 0.847. The number of hydrogen-bond acceptors (Lipinski definition) is 4. The Bertz CT molecular complexity index is 690. The van der Waals surface area contributed by atoms with Crippen molar-refractivity contribution in [3.05, 3.63) is 29.8 Å². The van der Waals surface area contributed by atoms with Crippen LogP contribution in [0.25, 0.3) is 0 Å². The lowest BCUT2D eigenvalue weighted by Crippen LogP contribution is -2.40. The van der Waals surface area contributed by atoms with E-state index in [0.717, 1.165) is 0 Å². The second-order valence-corrected chi connectivity index (χ2v) is 7.19. The first-order valence-electron chi connectivity index (χ1n) is 7.47. The number of amides is 2. The zero-order valence-electron chi connectivity index (χ0n) is 13.9. The van der Waals surface area contributed by atoms with Gasteiger partial charge in [-0.2, -0.15) is 0 Å². The van der Waals surface area contributed by atoms with E-state index in [1.165, 1.54) is 31.0 Å². The minimum Gasteiger partial charge on any atom is -0.481 e. The van der Waals surface area contributed by atoms with Gasteiger partial charge in [0.15, 0.2) is 0 Å². The highest BCUT2D eigenvalue weighted by Gasteiger charge is 2.17. The largest absolute Gasteiger partial charge is 0.481 e. The Balaban J connectivity index is 2.68. The van der Waals surface area contributed by atoms with Crippen LogP contribution in [0.3, 0.4) is 0 Å². The summed E-state index contributed by atoms with van der Waals surface area (Å²) in [6, 6.07) is 5.83. The van der Waals surface area contributed by atoms with Gasteiger partial charge < -0.3 is 15.3 Å². The van der Waals surface area contributed by atoms with E-state index in [1.54, 1.807) is 19.1 Å². The molecule has 2 amide bonds. The summed E-state index contributed by atoms with van der Waals surface area (Å²) in [6.07, 6.45) is 0. The lowest BCUT2D eigenvalue weighted by Gasteiger charge is -2.20. The number of nitrogens with one attached hydrogen (secondary N) is 2. The van der Waals surface area contributed by atoms with Crippen molar-refractivity contribution >= 4 is 22.0 Å². The molecule has 1 aromatic carbocycles. The molecule has 0 aliphatic heterocycles. The van der Waals surface area contributed by atoms with Crippen molar-refractivity contribution in [3.8, 4) is 0 Å². The highest BCUT2D eigenvalue weighted by Crippen LogP contribution is 2.11. The topological polar surface area (TPSA) is 116 Å². The molecule has 134 valence electrons. The Morgan fingerprint density at radius 1 is 1.33 bits per heavy atom. The Hall–Kier alpha value is -2.13. The fourth-order valence-corrected chi connectivity index (χ4v) is 3.09.